The maximum atomic E-state index is 13.8. The van der Waals surface area contributed by atoms with Gasteiger partial charge in [0.05, 0.1) is 24.7 Å². The van der Waals surface area contributed by atoms with Crippen LogP contribution in [0.15, 0.2) is 72.8 Å². The zero-order chi connectivity index (χ0) is 24.4. The summed E-state index contributed by atoms with van der Waals surface area (Å²) in [5.74, 6) is 1.20. The summed E-state index contributed by atoms with van der Waals surface area (Å²) in [6.07, 6.45) is -0.569. The van der Waals surface area contributed by atoms with E-state index in [4.69, 9.17) is 14.5 Å². The summed E-state index contributed by atoms with van der Waals surface area (Å²) in [6, 6.07) is 21.0. The van der Waals surface area contributed by atoms with Gasteiger partial charge in [0, 0.05) is 24.6 Å². The fourth-order valence-corrected chi connectivity index (χ4v) is 4.56. The number of amides is 1. The number of aliphatic hydroxyl groups excluding tert-OH is 1. The summed E-state index contributed by atoms with van der Waals surface area (Å²) >= 11 is 0. The van der Waals surface area contributed by atoms with Crippen molar-refractivity contribution in [1.82, 2.24) is 9.55 Å². The Hall–Kier alpha value is -3.91. The van der Waals surface area contributed by atoms with Gasteiger partial charge in [-0.2, -0.15) is 0 Å². The number of anilines is 1. The highest BCUT2D eigenvalue weighted by Crippen LogP contribution is 2.33. The molecule has 0 bridgehead atoms. The SMILES string of the molecule is COc1ccccc1OC[C@H](O)Cn1c([C@H]2CC(=O)N(c3cccc(F)c3)C2)nc2ccccc21. The molecular weight excluding hydrogens is 449 g/mol. The fraction of sp³-hybridized carbons (Fsp3) is 0.259. The van der Waals surface area contributed by atoms with Crippen molar-refractivity contribution < 1.29 is 23.8 Å². The molecule has 1 aliphatic rings. The predicted molar refractivity (Wildman–Crippen MR) is 130 cm³/mol. The number of halogens is 1. The molecule has 1 saturated heterocycles. The van der Waals surface area contributed by atoms with E-state index in [9.17, 15) is 14.3 Å². The number of aromatic nitrogens is 2. The number of rotatable bonds is 8. The Kier molecular flexibility index (Phi) is 6.37. The van der Waals surface area contributed by atoms with Crippen LogP contribution in [-0.4, -0.2) is 46.9 Å². The second-order valence-electron chi connectivity index (χ2n) is 8.57. The second-order valence-corrected chi connectivity index (χ2v) is 8.57. The van der Waals surface area contributed by atoms with E-state index in [1.165, 1.54) is 12.1 Å². The monoisotopic (exact) mass is 475 g/mol. The Morgan fingerprint density at radius 3 is 2.66 bits per heavy atom. The van der Waals surface area contributed by atoms with Gasteiger partial charge in [0.2, 0.25) is 5.91 Å². The number of ether oxygens (including phenoxy) is 2. The van der Waals surface area contributed by atoms with Crippen LogP contribution in [0.5, 0.6) is 11.5 Å². The summed E-state index contributed by atoms with van der Waals surface area (Å²) < 4.78 is 26.8. The van der Waals surface area contributed by atoms with Crippen LogP contribution < -0.4 is 14.4 Å². The highest BCUT2D eigenvalue weighted by molar-refractivity contribution is 5.96. The topological polar surface area (TPSA) is 76.8 Å². The number of fused-ring (bicyclic) bond motifs is 1. The molecule has 7 nitrogen and oxygen atoms in total. The molecule has 4 aromatic rings. The number of imidazole rings is 1. The van der Waals surface area contributed by atoms with E-state index in [1.54, 1.807) is 36.3 Å². The van der Waals surface area contributed by atoms with Crippen LogP contribution >= 0.6 is 0 Å². The van der Waals surface area contributed by atoms with Gasteiger partial charge in [-0.05, 0) is 42.5 Å². The quantitative estimate of drug-likeness (QED) is 0.415. The largest absolute Gasteiger partial charge is 0.493 e. The van der Waals surface area contributed by atoms with Crippen LogP contribution in [-0.2, 0) is 11.3 Å². The standard InChI is InChI=1S/C27H26FN3O4/c1-34-24-11-4-5-12-25(24)35-17-21(32)16-31-23-10-3-2-9-22(23)29-27(31)18-13-26(33)30(15-18)20-8-6-7-19(28)14-20/h2-12,14,18,21,32H,13,15-17H2,1H3/t18-,21+/m0/s1. The molecule has 0 spiro atoms. The highest BCUT2D eigenvalue weighted by Gasteiger charge is 2.35. The average molecular weight is 476 g/mol. The van der Waals surface area contributed by atoms with Crippen molar-refractivity contribution in [3.05, 3.63) is 84.4 Å². The molecule has 2 atom stereocenters. The van der Waals surface area contributed by atoms with E-state index in [0.717, 1.165) is 16.9 Å². The number of hydrogen-bond donors (Lipinski definition) is 1. The van der Waals surface area contributed by atoms with Crippen molar-refractivity contribution in [2.24, 2.45) is 0 Å². The number of hydrogen-bond acceptors (Lipinski definition) is 5. The molecular formula is C27H26FN3O4. The third kappa shape index (κ3) is 4.70. The fourth-order valence-electron chi connectivity index (χ4n) is 4.56. The Morgan fingerprint density at radius 2 is 1.86 bits per heavy atom. The van der Waals surface area contributed by atoms with Crippen molar-refractivity contribution in [3.8, 4) is 11.5 Å². The molecule has 1 aromatic heterocycles. The van der Waals surface area contributed by atoms with Gasteiger partial charge in [-0.25, -0.2) is 9.37 Å². The molecule has 1 N–H and O–H groups in total. The van der Waals surface area contributed by atoms with Gasteiger partial charge in [0.1, 0.15) is 24.4 Å². The van der Waals surface area contributed by atoms with E-state index in [2.05, 4.69) is 0 Å². The number of methoxy groups -OCH3 is 1. The number of carbonyl (C=O) groups is 1. The Labute approximate surface area is 202 Å². The molecule has 1 fully saturated rings. The molecule has 35 heavy (non-hydrogen) atoms. The van der Waals surface area contributed by atoms with Crippen molar-refractivity contribution in [3.63, 3.8) is 0 Å². The molecule has 0 aliphatic carbocycles. The second kappa shape index (κ2) is 9.76. The van der Waals surface area contributed by atoms with E-state index in [1.807, 2.05) is 41.0 Å². The number of aliphatic hydroxyl groups is 1. The van der Waals surface area contributed by atoms with Crippen LogP contribution in [0.1, 0.15) is 18.2 Å². The van der Waals surface area contributed by atoms with Crippen LogP contribution in [0.2, 0.25) is 0 Å². The molecule has 5 rings (SSSR count). The zero-order valence-corrected chi connectivity index (χ0v) is 19.3. The first-order valence-electron chi connectivity index (χ1n) is 11.5. The third-order valence-electron chi connectivity index (χ3n) is 6.19. The summed E-state index contributed by atoms with van der Waals surface area (Å²) in [6.45, 7) is 0.695. The lowest BCUT2D eigenvalue weighted by Gasteiger charge is -2.19. The average Bonchev–Trinajstić information content (AvgIpc) is 3.43. The minimum absolute atomic E-state index is 0.0608. The lowest BCUT2D eigenvalue weighted by molar-refractivity contribution is -0.117. The summed E-state index contributed by atoms with van der Waals surface area (Å²) in [7, 11) is 1.57. The van der Waals surface area contributed by atoms with Gasteiger partial charge in [0.15, 0.2) is 11.5 Å². The minimum Gasteiger partial charge on any atom is -0.493 e. The van der Waals surface area contributed by atoms with Crippen molar-refractivity contribution in [1.29, 1.82) is 0 Å². The first-order valence-corrected chi connectivity index (χ1v) is 11.5. The first-order chi connectivity index (χ1) is 17.0. The molecule has 3 aromatic carbocycles. The van der Waals surface area contributed by atoms with Gasteiger partial charge >= 0.3 is 0 Å². The Bertz CT molecular complexity index is 1360. The lowest BCUT2D eigenvalue weighted by atomic mass is 10.1. The molecule has 0 saturated carbocycles. The summed E-state index contributed by atoms with van der Waals surface area (Å²) in [5.41, 5.74) is 2.19. The van der Waals surface area contributed by atoms with Crippen LogP contribution in [0, 0.1) is 5.82 Å². The van der Waals surface area contributed by atoms with Gasteiger partial charge in [-0.1, -0.05) is 30.3 Å². The zero-order valence-electron chi connectivity index (χ0n) is 19.3. The molecule has 8 heteroatoms. The number of para-hydroxylation sites is 4. The van der Waals surface area contributed by atoms with Gasteiger partial charge in [-0.15, -0.1) is 0 Å². The molecule has 1 aliphatic heterocycles. The number of carbonyl (C=O) groups excluding carboxylic acids is 1. The number of benzene rings is 3. The normalized spacial score (nSPS) is 16.6. The molecule has 1 amide bonds. The molecule has 180 valence electrons. The van der Waals surface area contributed by atoms with Crippen LogP contribution in [0.3, 0.4) is 0 Å². The van der Waals surface area contributed by atoms with E-state index < -0.39 is 6.10 Å². The van der Waals surface area contributed by atoms with Gasteiger partial charge < -0.3 is 24.0 Å². The predicted octanol–water partition coefficient (Wildman–Crippen LogP) is 4.14. The van der Waals surface area contributed by atoms with Crippen LogP contribution in [0.4, 0.5) is 10.1 Å². The lowest BCUT2D eigenvalue weighted by Crippen LogP contribution is -2.26. The maximum absolute atomic E-state index is 13.8. The Morgan fingerprint density at radius 1 is 1.09 bits per heavy atom. The van der Waals surface area contributed by atoms with Gasteiger partial charge in [0.25, 0.3) is 0 Å². The van der Waals surface area contributed by atoms with Gasteiger partial charge in [-0.3, -0.25) is 4.79 Å². The summed E-state index contributed by atoms with van der Waals surface area (Å²) in [5, 5.41) is 10.9. The van der Waals surface area contributed by atoms with Crippen molar-refractivity contribution in [2.75, 3.05) is 25.2 Å². The highest BCUT2D eigenvalue weighted by atomic mass is 19.1. The van der Waals surface area contributed by atoms with Crippen molar-refractivity contribution in [2.45, 2.75) is 25.0 Å². The number of nitrogens with zero attached hydrogens (tertiary/aromatic N) is 3. The van der Waals surface area contributed by atoms with E-state index in [0.29, 0.717) is 23.7 Å². The smallest absolute Gasteiger partial charge is 0.227 e. The van der Waals surface area contributed by atoms with Crippen molar-refractivity contribution >= 4 is 22.6 Å². The Balaban J connectivity index is 1.38. The third-order valence-corrected chi connectivity index (χ3v) is 6.19. The summed E-state index contributed by atoms with van der Waals surface area (Å²) in [4.78, 5) is 19.2. The molecule has 2 heterocycles. The minimum atomic E-state index is -0.826. The van der Waals surface area contributed by atoms with E-state index >= 15 is 0 Å². The molecule has 0 unspecified atom stereocenters. The molecule has 0 radical (unpaired) electrons. The maximum Gasteiger partial charge on any atom is 0.227 e. The first kappa shape index (κ1) is 22.9. The van der Waals surface area contributed by atoms with Crippen LogP contribution in [0.25, 0.3) is 11.0 Å². The van der Waals surface area contributed by atoms with E-state index in [-0.39, 0.29) is 37.2 Å².